The second kappa shape index (κ2) is 2.68. The number of nitrogens with zero attached hydrogens (tertiary/aromatic N) is 2. The fraction of sp³-hybridized carbons (Fsp3) is 0. The number of hydrogen-bond acceptors (Lipinski definition) is 2. The first-order chi connectivity index (χ1) is 4.34. The fourth-order valence-electron chi connectivity index (χ4n) is 0.480. The van der Waals surface area contributed by atoms with E-state index in [1.165, 1.54) is 4.68 Å². The predicted molar refractivity (Wildman–Crippen MR) is 35.5 cm³/mol. The summed E-state index contributed by atoms with van der Waals surface area (Å²) in [5.41, 5.74) is 0. The molecule has 0 spiro atoms. The smallest absolute Gasteiger partial charge is 0.0799 e. The summed E-state index contributed by atoms with van der Waals surface area (Å²) in [6, 6.07) is 5.28. The van der Waals surface area contributed by atoms with Gasteiger partial charge < -0.3 is 0 Å². The molecule has 4 heteroatoms. The van der Waals surface area contributed by atoms with Crippen molar-refractivity contribution in [1.29, 1.82) is 0 Å². The van der Waals surface area contributed by atoms with Crippen LogP contribution in [0.4, 0.5) is 0 Å². The number of rotatable bonds is 1. The van der Waals surface area contributed by atoms with Crippen LogP contribution in [0.3, 0.4) is 0 Å². The summed E-state index contributed by atoms with van der Waals surface area (Å²) >= 11 is 3.13. The first-order valence-corrected chi connectivity index (χ1v) is 3.14. The van der Waals surface area contributed by atoms with Crippen LogP contribution in [0, 0.1) is 4.91 Å². The molecule has 0 aliphatic heterocycles. The van der Waals surface area contributed by atoms with Gasteiger partial charge in [0, 0.05) is 28.1 Å². The molecule has 1 aromatic rings. The molecule has 1 rings (SSSR count). The van der Waals surface area contributed by atoms with E-state index in [0.29, 0.717) is 4.60 Å². The lowest BCUT2D eigenvalue weighted by atomic mass is 10.5. The SMILES string of the molecule is O=N[n+]1ccccc1Br. The molecule has 0 N–H and O–H groups in total. The lowest BCUT2D eigenvalue weighted by Crippen LogP contribution is -2.26. The van der Waals surface area contributed by atoms with Crippen LogP contribution >= 0.6 is 15.9 Å². The third-order valence-corrected chi connectivity index (χ3v) is 1.51. The van der Waals surface area contributed by atoms with E-state index < -0.39 is 0 Å². The minimum absolute atomic E-state index is 0.653. The lowest BCUT2D eigenvalue weighted by molar-refractivity contribution is -0.692. The molecule has 1 aromatic heterocycles. The molecule has 0 aliphatic rings. The highest BCUT2D eigenvalue weighted by molar-refractivity contribution is 9.10. The molecule has 1 heterocycles. The first-order valence-electron chi connectivity index (χ1n) is 2.34. The molecule has 0 fully saturated rings. The Morgan fingerprint density at radius 1 is 1.56 bits per heavy atom. The van der Waals surface area contributed by atoms with Gasteiger partial charge in [0.05, 0.1) is 0 Å². The van der Waals surface area contributed by atoms with Gasteiger partial charge in [-0.2, -0.15) is 0 Å². The van der Waals surface area contributed by atoms with E-state index in [9.17, 15) is 4.91 Å². The Bertz CT molecular complexity index is 226. The maximum absolute atomic E-state index is 9.91. The summed E-state index contributed by atoms with van der Waals surface area (Å²) in [7, 11) is 0. The summed E-state index contributed by atoms with van der Waals surface area (Å²) in [4.78, 5) is 9.91. The Balaban J connectivity index is 3.15. The molecule has 0 atom stereocenters. The number of pyridine rings is 1. The van der Waals surface area contributed by atoms with Crippen molar-refractivity contribution in [2.75, 3.05) is 0 Å². The van der Waals surface area contributed by atoms with Gasteiger partial charge in [0.25, 0.3) is 4.60 Å². The number of nitroso groups, excluding NO2 is 1. The van der Waals surface area contributed by atoms with Crippen molar-refractivity contribution in [2.45, 2.75) is 0 Å². The van der Waals surface area contributed by atoms with Crippen LogP contribution in [0.2, 0.25) is 0 Å². The monoisotopic (exact) mass is 187 g/mol. The van der Waals surface area contributed by atoms with E-state index in [1.54, 1.807) is 18.3 Å². The van der Waals surface area contributed by atoms with E-state index in [2.05, 4.69) is 21.2 Å². The highest BCUT2D eigenvalue weighted by Crippen LogP contribution is 1.99. The van der Waals surface area contributed by atoms with Gasteiger partial charge in [0.15, 0.2) is 0 Å². The maximum atomic E-state index is 9.91. The van der Waals surface area contributed by atoms with Gasteiger partial charge >= 0.3 is 0 Å². The maximum Gasteiger partial charge on any atom is 0.283 e. The average molecular weight is 188 g/mol. The van der Waals surface area contributed by atoms with Crippen molar-refractivity contribution in [3.63, 3.8) is 0 Å². The van der Waals surface area contributed by atoms with Crippen LogP contribution in [-0.4, -0.2) is 0 Å². The normalized spacial score (nSPS) is 9.00. The minimum Gasteiger partial charge on any atom is -0.0799 e. The molecule has 0 amide bonds. The van der Waals surface area contributed by atoms with E-state index in [4.69, 9.17) is 0 Å². The van der Waals surface area contributed by atoms with Gasteiger partial charge in [-0.1, -0.05) is 4.91 Å². The largest absolute Gasteiger partial charge is 0.283 e. The minimum atomic E-state index is 0.653. The van der Waals surface area contributed by atoms with E-state index >= 15 is 0 Å². The summed E-state index contributed by atoms with van der Waals surface area (Å²) in [6.45, 7) is 0. The lowest BCUT2D eigenvalue weighted by Gasteiger charge is -1.80. The first kappa shape index (κ1) is 6.35. The molecule has 46 valence electrons. The van der Waals surface area contributed by atoms with Crippen LogP contribution in [0.5, 0.6) is 0 Å². The summed E-state index contributed by atoms with van der Waals surface area (Å²) in [6.07, 6.45) is 1.57. The Hall–Kier alpha value is -0.770. The molecular formula is C5H4BrN2O+. The highest BCUT2D eigenvalue weighted by atomic mass is 79.9. The van der Waals surface area contributed by atoms with Crippen LogP contribution in [0.25, 0.3) is 0 Å². The Morgan fingerprint density at radius 2 is 2.33 bits per heavy atom. The van der Waals surface area contributed by atoms with E-state index in [0.717, 1.165) is 0 Å². The fourth-order valence-corrected chi connectivity index (χ4v) is 0.816. The van der Waals surface area contributed by atoms with Gasteiger partial charge in [0.1, 0.15) is 0 Å². The van der Waals surface area contributed by atoms with Crippen molar-refractivity contribution in [3.05, 3.63) is 33.9 Å². The zero-order valence-electron chi connectivity index (χ0n) is 4.49. The van der Waals surface area contributed by atoms with Gasteiger partial charge in [0.2, 0.25) is 11.5 Å². The van der Waals surface area contributed by atoms with Gasteiger partial charge in [-0.15, -0.1) is 0 Å². The molecule has 0 saturated heterocycles. The highest BCUT2D eigenvalue weighted by Gasteiger charge is 2.03. The Labute approximate surface area is 60.4 Å². The number of hydrogen-bond donors (Lipinski definition) is 0. The number of aromatic nitrogens is 1. The molecule has 0 aliphatic carbocycles. The third-order valence-electron chi connectivity index (χ3n) is 0.879. The standard InChI is InChI=1S/C5H4BrN2O/c6-5-3-1-2-4-8(5)7-9/h1-4H/q+1. The van der Waals surface area contributed by atoms with Crippen molar-refractivity contribution in [2.24, 2.45) is 5.29 Å². The second-order valence-electron chi connectivity index (χ2n) is 1.45. The summed E-state index contributed by atoms with van der Waals surface area (Å²) < 4.78 is 1.85. The van der Waals surface area contributed by atoms with Gasteiger partial charge in [-0.3, -0.25) is 0 Å². The van der Waals surface area contributed by atoms with Crippen molar-refractivity contribution in [1.82, 2.24) is 0 Å². The summed E-state index contributed by atoms with van der Waals surface area (Å²) in [5, 5.41) is 2.69. The third kappa shape index (κ3) is 1.32. The second-order valence-corrected chi connectivity index (χ2v) is 2.26. The molecular weight excluding hydrogens is 184 g/mol. The van der Waals surface area contributed by atoms with Crippen LogP contribution in [0.15, 0.2) is 34.3 Å². The van der Waals surface area contributed by atoms with Crippen molar-refractivity contribution in [3.8, 4) is 0 Å². The van der Waals surface area contributed by atoms with Gasteiger partial charge in [-0.25, -0.2) is 0 Å². The van der Waals surface area contributed by atoms with E-state index in [-0.39, 0.29) is 0 Å². The molecule has 3 nitrogen and oxygen atoms in total. The topological polar surface area (TPSA) is 33.3 Å². The predicted octanol–water partition coefficient (Wildman–Crippen LogP) is 1.27. The van der Waals surface area contributed by atoms with Crippen LogP contribution in [-0.2, 0) is 0 Å². The zero-order valence-corrected chi connectivity index (χ0v) is 6.08. The molecule has 0 unspecified atom stereocenters. The molecule has 0 aromatic carbocycles. The Kier molecular flexibility index (Phi) is 1.89. The summed E-state index contributed by atoms with van der Waals surface area (Å²) in [5.74, 6) is 0. The molecule has 9 heavy (non-hydrogen) atoms. The molecule has 0 saturated carbocycles. The molecule has 0 bridgehead atoms. The van der Waals surface area contributed by atoms with Crippen LogP contribution < -0.4 is 4.68 Å². The average Bonchev–Trinajstić information content (AvgIpc) is 1.89. The van der Waals surface area contributed by atoms with E-state index in [1.807, 2.05) is 6.07 Å². The van der Waals surface area contributed by atoms with Crippen molar-refractivity contribution >= 4 is 15.9 Å². The zero-order chi connectivity index (χ0) is 6.69. The van der Waals surface area contributed by atoms with Gasteiger partial charge in [-0.05, 0) is 10.7 Å². The number of halogens is 1. The Morgan fingerprint density at radius 3 is 2.78 bits per heavy atom. The molecule has 0 radical (unpaired) electrons. The van der Waals surface area contributed by atoms with Crippen LogP contribution in [0.1, 0.15) is 0 Å². The van der Waals surface area contributed by atoms with Crippen molar-refractivity contribution < 1.29 is 4.68 Å². The quantitative estimate of drug-likeness (QED) is 0.371.